The SMILES string of the molecule is Cc1cc(=O)c(C(=O)N(C)Cc2ccc3ccccc3c2)nn1-c1cccc(C(F)(F)F)c1. The number of carbonyl (C=O) groups is 1. The molecule has 3 aromatic carbocycles. The molecule has 0 bridgehead atoms. The number of amides is 1. The molecule has 0 aliphatic heterocycles. The van der Waals surface area contributed by atoms with E-state index in [-0.39, 0.29) is 17.9 Å². The molecule has 0 aliphatic rings. The molecule has 0 radical (unpaired) electrons. The lowest BCUT2D eigenvalue weighted by molar-refractivity contribution is -0.137. The zero-order valence-electron chi connectivity index (χ0n) is 17.9. The van der Waals surface area contributed by atoms with Gasteiger partial charge >= 0.3 is 6.18 Å². The maximum atomic E-state index is 13.1. The van der Waals surface area contributed by atoms with Gasteiger partial charge in [0, 0.05) is 25.4 Å². The van der Waals surface area contributed by atoms with Crippen molar-refractivity contribution in [1.82, 2.24) is 14.7 Å². The van der Waals surface area contributed by atoms with Crippen molar-refractivity contribution in [3.8, 4) is 5.69 Å². The Hall–Kier alpha value is -3.94. The highest BCUT2D eigenvalue weighted by Crippen LogP contribution is 2.30. The van der Waals surface area contributed by atoms with Crippen LogP contribution in [-0.4, -0.2) is 27.6 Å². The Balaban J connectivity index is 1.65. The van der Waals surface area contributed by atoms with Crippen LogP contribution in [0.25, 0.3) is 16.5 Å². The number of aromatic nitrogens is 2. The smallest absolute Gasteiger partial charge is 0.336 e. The van der Waals surface area contributed by atoms with E-state index in [0.29, 0.717) is 5.69 Å². The molecule has 0 saturated carbocycles. The van der Waals surface area contributed by atoms with E-state index in [9.17, 15) is 22.8 Å². The first-order chi connectivity index (χ1) is 15.6. The minimum Gasteiger partial charge on any atom is -0.336 e. The van der Waals surface area contributed by atoms with Gasteiger partial charge in [0.2, 0.25) is 5.43 Å². The van der Waals surface area contributed by atoms with Gasteiger partial charge in [0.05, 0.1) is 11.3 Å². The Labute approximate surface area is 187 Å². The molecule has 1 amide bonds. The second kappa shape index (κ2) is 8.54. The lowest BCUT2D eigenvalue weighted by Crippen LogP contribution is -2.33. The minimum atomic E-state index is -4.53. The summed E-state index contributed by atoms with van der Waals surface area (Å²) >= 11 is 0. The van der Waals surface area contributed by atoms with Crippen molar-refractivity contribution in [2.75, 3.05) is 7.05 Å². The summed E-state index contributed by atoms with van der Waals surface area (Å²) in [6, 6.07) is 19.4. The summed E-state index contributed by atoms with van der Waals surface area (Å²) in [6.45, 7) is 1.78. The van der Waals surface area contributed by atoms with Crippen LogP contribution in [0.2, 0.25) is 0 Å². The van der Waals surface area contributed by atoms with Crippen molar-refractivity contribution in [3.63, 3.8) is 0 Å². The van der Waals surface area contributed by atoms with Gasteiger partial charge in [-0.1, -0.05) is 42.5 Å². The highest BCUT2D eigenvalue weighted by molar-refractivity contribution is 5.92. The van der Waals surface area contributed by atoms with Crippen LogP contribution in [0.4, 0.5) is 13.2 Å². The molecule has 1 aromatic heterocycles. The molecule has 0 N–H and O–H groups in total. The summed E-state index contributed by atoms with van der Waals surface area (Å²) in [4.78, 5) is 26.9. The van der Waals surface area contributed by atoms with E-state index < -0.39 is 23.1 Å². The molecular weight excluding hydrogens is 431 g/mol. The number of hydrogen-bond donors (Lipinski definition) is 0. The fraction of sp³-hybridized carbons (Fsp3) is 0.160. The van der Waals surface area contributed by atoms with E-state index >= 15 is 0 Å². The third kappa shape index (κ3) is 4.64. The molecule has 4 aromatic rings. The van der Waals surface area contributed by atoms with Gasteiger partial charge in [0.15, 0.2) is 5.69 Å². The summed E-state index contributed by atoms with van der Waals surface area (Å²) in [5.74, 6) is -0.617. The van der Waals surface area contributed by atoms with Crippen LogP contribution in [0.15, 0.2) is 77.6 Å². The highest BCUT2D eigenvalue weighted by Gasteiger charge is 2.30. The number of halogens is 3. The van der Waals surface area contributed by atoms with E-state index in [1.54, 1.807) is 14.0 Å². The molecule has 0 spiro atoms. The topological polar surface area (TPSA) is 55.2 Å². The van der Waals surface area contributed by atoms with E-state index in [4.69, 9.17) is 0 Å². The third-order valence-corrected chi connectivity index (χ3v) is 5.31. The predicted octanol–water partition coefficient (Wildman–Crippen LogP) is 4.99. The van der Waals surface area contributed by atoms with E-state index in [0.717, 1.165) is 28.5 Å². The van der Waals surface area contributed by atoms with E-state index in [1.165, 1.54) is 27.8 Å². The first kappa shape index (κ1) is 22.3. The highest BCUT2D eigenvalue weighted by atomic mass is 19.4. The number of benzene rings is 3. The Morgan fingerprint density at radius 1 is 0.970 bits per heavy atom. The number of carbonyl (C=O) groups excluding carboxylic acids is 1. The van der Waals surface area contributed by atoms with E-state index in [2.05, 4.69) is 5.10 Å². The normalized spacial score (nSPS) is 11.5. The lowest BCUT2D eigenvalue weighted by Gasteiger charge is -2.18. The predicted molar refractivity (Wildman–Crippen MR) is 119 cm³/mol. The van der Waals surface area contributed by atoms with Crippen LogP contribution >= 0.6 is 0 Å². The van der Waals surface area contributed by atoms with Crippen molar-refractivity contribution in [1.29, 1.82) is 0 Å². The van der Waals surface area contributed by atoms with Crippen molar-refractivity contribution < 1.29 is 18.0 Å². The van der Waals surface area contributed by atoms with E-state index in [1.807, 2.05) is 42.5 Å². The molecule has 0 fully saturated rings. The Bertz CT molecular complexity index is 1410. The molecule has 168 valence electrons. The maximum absolute atomic E-state index is 13.1. The zero-order chi connectivity index (χ0) is 23.8. The molecule has 4 rings (SSSR count). The molecular formula is C25H20F3N3O2. The molecule has 1 heterocycles. The molecule has 8 heteroatoms. The number of nitrogens with zero attached hydrogens (tertiary/aromatic N) is 3. The quantitative estimate of drug-likeness (QED) is 0.440. The summed E-state index contributed by atoms with van der Waals surface area (Å²) in [5.41, 5.74) is -0.509. The number of aryl methyl sites for hydroxylation is 1. The number of rotatable bonds is 4. The Morgan fingerprint density at radius 2 is 1.70 bits per heavy atom. The number of alkyl halides is 3. The minimum absolute atomic E-state index is 0.105. The second-order valence-electron chi connectivity index (χ2n) is 7.80. The van der Waals surface area contributed by atoms with Gasteiger partial charge in [-0.3, -0.25) is 9.59 Å². The third-order valence-electron chi connectivity index (χ3n) is 5.31. The van der Waals surface area contributed by atoms with Crippen molar-refractivity contribution in [2.24, 2.45) is 0 Å². The Kier molecular flexibility index (Phi) is 5.76. The van der Waals surface area contributed by atoms with Crippen LogP contribution < -0.4 is 5.43 Å². The maximum Gasteiger partial charge on any atom is 0.416 e. The van der Waals surface area contributed by atoms with Gasteiger partial charge in [0.1, 0.15) is 0 Å². The van der Waals surface area contributed by atoms with Gasteiger partial charge in [0.25, 0.3) is 5.91 Å². The van der Waals surface area contributed by atoms with Gasteiger partial charge in [-0.15, -0.1) is 0 Å². The molecule has 5 nitrogen and oxygen atoms in total. The number of hydrogen-bond acceptors (Lipinski definition) is 3. The zero-order valence-corrected chi connectivity index (χ0v) is 17.9. The van der Waals surface area contributed by atoms with Crippen LogP contribution in [0.3, 0.4) is 0 Å². The largest absolute Gasteiger partial charge is 0.416 e. The average Bonchev–Trinajstić information content (AvgIpc) is 2.78. The molecule has 33 heavy (non-hydrogen) atoms. The van der Waals surface area contributed by atoms with Gasteiger partial charge in [-0.2, -0.15) is 18.3 Å². The van der Waals surface area contributed by atoms with Gasteiger partial charge in [-0.05, 0) is 47.5 Å². The first-order valence-electron chi connectivity index (χ1n) is 10.2. The fourth-order valence-corrected chi connectivity index (χ4v) is 3.63. The fourth-order valence-electron chi connectivity index (χ4n) is 3.63. The van der Waals surface area contributed by atoms with Gasteiger partial charge < -0.3 is 4.90 Å². The molecule has 0 atom stereocenters. The summed E-state index contributed by atoms with van der Waals surface area (Å²) in [7, 11) is 1.55. The van der Waals surface area contributed by atoms with Crippen molar-refractivity contribution >= 4 is 16.7 Å². The molecule has 0 unspecified atom stereocenters. The monoisotopic (exact) mass is 451 g/mol. The van der Waals surface area contributed by atoms with Gasteiger partial charge in [-0.25, -0.2) is 4.68 Å². The summed E-state index contributed by atoms with van der Waals surface area (Å²) in [5, 5.41) is 6.22. The lowest BCUT2D eigenvalue weighted by atomic mass is 10.1. The first-order valence-corrected chi connectivity index (χ1v) is 10.2. The summed E-state index contributed by atoms with van der Waals surface area (Å²) < 4.78 is 40.6. The second-order valence-corrected chi connectivity index (χ2v) is 7.80. The Morgan fingerprint density at radius 3 is 2.42 bits per heavy atom. The average molecular weight is 451 g/mol. The van der Waals surface area contributed by atoms with Crippen LogP contribution in [0, 0.1) is 6.92 Å². The van der Waals surface area contributed by atoms with Crippen LogP contribution in [0.1, 0.15) is 27.3 Å². The standard InChI is InChI=1S/C25H20F3N3O2/c1-16-12-22(32)23(29-31(16)21-9-5-8-20(14-21)25(26,27)28)24(33)30(2)15-17-10-11-18-6-3-4-7-19(18)13-17/h3-14H,15H2,1-2H3. The summed E-state index contributed by atoms with van der Waals surface area (Å²) in [6.07, 6.45) is -4.53. The van der Waals surface area contributed by atoms with Crippen molar-refractivity contribution in [3.05, 3.63) is 106 Å². The number of fused-ring (bicyclic) bond motifs is 1. The van der Waals surface area contributed by atoms with Crippen LogP contribution in [0.5, 0.6) is 0 Å². The molecule has 0 saturated heterocycles. The van der Waals surface area contributed by atoms with Crippen LogP contribution in [-0.2, 0) is 12.7 Å². The van der Waals surface area contributed by atoms with Crippen molar-refractivity contribution in [2.45, 2.75) is 19.6 Å². The molecule has 0 aliphatic carbocycles.